The average Bonchev–Trinajstić information content (AvgIpc) is 2.88. The van der Waals surface area contributed by atoms with Crippen molar-refractivity contribution in [3.05, 3.63) is 89.1 Å². The van der Waals surface area contributed by atoms with Gasteiger partial charge in [0, 0.05) is 13.0 Å². The molecule has 172 valence electrons. The molecule has 0 unspecified atom stereocenters. The molecule has 0 atom stereocenters. The molecule has 1 heterocycles. The molecule has 1 fully saturated rings. The Morgan fingerprint density at radius 2 is 1.47 bits per heavy atom. The normalized spacial score (nSPS) is 19.9. The first-order chi connectivity index (χ1) is 16.8. The quantitative estimate of drug-likeness (QED) is 0.240. The van der Waals surface area contributed by atoms with Crippen LogP contribution in [0.2, 0.25) is 13.1 Å². The molecular formula is C32H36NSi+. The Morgan fingerprint density at radius 3 is 2.15 bits per heavy atom. The third-order valence-electron chi connectivity index (χ3n) is 8.94. The molecule has 0 radical (unpaired) electrons. The lowest BCUT2D eigenvalue weighted by Gasteiger charge is -2.38. The predicted molar refractivity (Wildman–Crippen MR) is 147 cm³/mol. The van der Waals surface area contributed by atoms with E-state index < -0.39 is 8.07 Å². The molecule has 7 rings (SSSR count). The van der Waals surface area contributed by atoms with Gasteiger partial charge in [0.25, 0.3) is 0 Å². The van der Waals surface area contributed by atoms with Gasteiger partial charge in [0.15, 0.2) is 5.69 Å². The van der Waals surface area contributed by atoms with Crippen LogP contribution >= 0.6 is 0 Å². The lowest BCUT2D eigenvalue weighted by Crippen LogP contribution is -2.52. The minimum absolute atomic E-state index is 0.653. The van der Waals surface area contributed by atoms with Gasteiger partial charge in [-0.3, -0.25) is 0 Å². The van der Waals surface area contributed by atoms with E-state index >= 15 is 0 Å². The average molecular weight is 464 g/mol. The van der Waals surface area contributed by atoms with E-state index in [0.717, 1.165) is 22.9 Å². The number of nitrogens with zero attached hydrogens (tertiary/aromatic N) is 1. The summed E-state index contributed by atoms with van der Waals surface area (Å²) >= 11 is 0. The molecule has 0 spiro atoms. The molecule has 1 nitrogen and oxygen atoms in total. The Morgan fingerprint density at radius 1 is 0.824 bits per heavy atom. The van der Waals surface area contributed by atoms with Crippen LogP contribution in [-0.2, 0) is 7.05 Å². The summed E-state index contributed by atoms with van der Waals surface area (Å²) < 4.78 is 11.3. The summed E-state index contributed by atoms with van der Waals surface area (Å²) in [6.45, 7) is 9.24. The van der Waals surface area contributed by atoms with Crippen LogP contribution in [0.25, 0.3) is 22.0 Å². The fourth-order valence-electron chi connectivity index (χ4n) is 6.64. The zero-order valence-corrected chi connectivity index (χ0v) is 22.2. The molecular weight excluding hydrogens is 426 g/mol. The Bertz CT molecular complexity index is 1460. The molecule has 34 heavy (non-hydrogen) atoms. The molecule has 4 aromatic rings. The highest BCUT2D eigenvalue weighted by molar-refractivity contribution is 7.00. The number of aromatic nitrogens is 1. The van der Waals surface area contributed by atoms with Gasteiger partial charge >= 0.3 is 0 Å². The molecule has 3 aliphatic rings. The maximum atomic E-state index is 9.06. The summed E-state index contributed by atoms with van der Waals surface area (Å²) in [5.41, 5.74) is 8.23. The monoisotopic (exact) mass is 463 g/mol. The van der Waals surface area contributed by atoms with Crippen molar-refractivity contribution in [1.82, 2.24) is 0 Å². The summed E-state index contributed by atoms with van der Waals surface area (Å²) in [5.74, 6) is 1.49. The summed E-state index contributed by atoms with van der Waals surface area (Å²) in [5, 5.41) is 5.12. The van der Waals surface area contributed by atoms with E-state index in [9.17, 15) is 0 Å². The first-order valence-electron chi connectivity index (χ1n) is 13.4. The molecule has 0 N–H and O–H groups in total. The maximum absolute atomic E-state index is 9.06. The van der Waals surface area contributed by atoms with Crippen molar-refractivity contribution in [2.45, 2.75) is 64.5 Å². The van der Waals surface area contributed by atoms with Crippen molar-refractivity contribution in [2.75, 3.05) is 0 Å². The lowest BCUT2D eigenvalue weighted by atomic mass is 9.66. The standard InChI is InChI=1S/C32H36NSi/c1-21-17-30-23-11-13-24(14-12-23)31(30)20-29(21)32-28-16-15-27(19-25(28)18-22(2)33(32)3)34(4,5)26-9-7-6-8-10-26/h6-10,15-20,23-24H,11-14H2,1-5H3/q+1/i18D. The number of benzene rings is 3. The van der Waals surface area contributed by atoms with Gasteiger partial charge in [0.2, 0.25) is 5.69 Å². The highest BCUT2D eigenvalue weighted by Crippen LogP contribution is 2.50. The topological polar surface area (TPSA) is 3.88 Å². The van der Waals surface area contributed by atoms with Gasteiger partial charge in [-0.25, -0.2) is 0 Å². The zero-order valence-electron chi connectivity index (χ0n) is 22.2. The summed E-state index contributed by atoms with van der Waals surface area (Å²) in [6.07, 6.45) is 5.42. The van der Waals surface area contributed by atoms with Crippen molar-refractivity contribution in [2.24, 2.45) is 7.05 Å². The number of pyridine rings is 1. The van der Waals surface area contributed by atoms with Gasteiger partial charge in [0.05, 0.1) is 12.3 Å². The van der Waals surface area contributed by atoms with Gasteiger partial charge in [-0.05, 0) is 78.7 Å². The molecule has 3 aromatic carbocycles. The Kier molecular flexibility index (Phi) is 4.81. The smallest absolute Gasteiger partial charge is 0.198 e. The van der Waals surface area contributed by atoms with Crippen LogP contribution < -0.4 is 14.9 Å². The third-order valence-corrected chi connectivity index (χ3v) is 12.5. The molecule has 1 aromatic heterocycles. The zero-order chi connectivity index (χ0) is 24.5. The number of fused-ring (bicyclic) bond motifs is 3. The van der Waals surface area contributed by atoms with Crippen molar-refractivity contribution < 1.29 is 5.94 Å². The van der Waals surface area contributed by atoms with Crippen molar-refractivity contribution in [3.8, 4) is 11.3 Å². The summed E-state index contributed by atoms with van der Waals surface area (Å²) in [4.78, 5) is 0. The van der Waals surface area contributed by atoms with Gasteiger partial charge in [-0.15, -0.1) is 0 Å². The molecule has 0 aliphatic heterocycles. The number of hydrogen-bond donors (Lipinski definition) is 0. The first kappa shape index (κ1) is 20.6. The van der Waals surface area contributed by atoms with E-state index in [4.69, 9.17) is 1.37 Å². The van der Waals surface area contributed by atoms with E-state index in [0.29, 0.717) is 6.04 Å². The van der Waals surface area contributed by atoms with Gasteiger partial charge < -0.3 is 0 Å². The Hall–Kier alpha value is -2.71. The Labute approximate surface area is 206 Å². The number of rotatable bonds is 3. The van der Waals surface area contributed by atoms with Crippen molar-refractivity contribution in [3.63, 3.8) is 0 Å². The second-order valence-corrected chi connectivity index (χ2v) is 15.6. The summed E-state index contributed by atoms with van der Waals surface area (Å²) in [7, 11) is 0.290. The fraction of sp³-hybridized carbons (Fsp3) is 0.344. The van der Waals surface area contributed by atoms with E-state index in [-0.39, 0.29) is 0 Å². The van der Waals surface area contributed by atoms with Gasteiger partial charge in [-0.1, -0.05) is 72.0 Å². The molecule has 1 saturated carbocycles. The van der Waals surface area contributed by atoms with Crippen LogP contribution in [0.15, 0.2) is 66.7 Å². The van der Waals surface area contributed by atoms with Gasteiger partial charge in [0.1, 0.15) is 15.1 Å². The Balaban J connectivity index is 1.58. The molecule has 0 saturated heterocycles. The minimum Gasteiger partial charge on any atom is -0.198 e. The predicted octanol–water partition coefficient (Wildman–Crippen LogP) is 6.53. The lowest BCUT2D eigenvalue weighted by molar-refractivity contribution is -0.665. The second-order valence-electron chi connectivity index (χ2n) is 11.2. The van der Waals surface area contributed by atoms with Crippen LogP contribution in [0.3, 0.4) is 0 Å². The molecule has 2 bridgehead atoms. The largest absolute Gasteiger partial charge is 0.220 e. The van der Waals surface area contributed by atoms with E-state index in [1.807, 2.05) is 0 Å². The van der Waals surface area contributed by atoms with Crippen LogP contribution in [0.5, 0.6) is 0 Å². The van der Waals surface area contributed by atoms with Crippen LogP contribution in [0, 0.1) is 13.8 Å². The fourth-order valence-corrected chi connectivity index (χ4v) is 9.01. The highest BCUT2D eigenvalue weighted by Gasteiger charge is 2.34. The van der Waals surface area contributed by atoms with Crippen LogP contribution in [0.1, 0.15) is 61.3 Å². The minimum atomic E-state index is -1.85. The maximum Gasteiger partial charge on any atom is 0.220 e. The molecule has 0 amide bonds. The van der Waals surface area contributed by atoms with E-state index in [1.54, 1.807) is 11.1 Å². The number of aryl methyl sites for hydroxylation is 1. The van der Waals surface area contributed by atoms with Crippen molar-refractivity contribution >= 4 is 29.2 Å². The second kappa shape index (κ2) is 7.92. The van der Waals surface area contributed by atoms with Gasteiger partial charge in [-0.2, -0.15) is 4.57 Å². The SMILES string of the molecule is [2H]c1c(C)[n+](C)c(-c2cc3c(cc2C)C2CCC3CC2)c2ccc([Si](C)(C)c3ccccc3)cc12. The first-order valence-corrected chi connectivity index (χ1v) is 15.9. The number of hydrogen-bond acceptors (Lipinski definition) is 0. The van der Waals surface area contributed by atoms with E-state index in [1.165, 1.54) is 58.3 Å². The van der Waals surface area contributed by atoms with Crippen LogP contribution in [-0.4, -0.2) is 8.07 Å². The van der Waals surface area contributed by atoms with Crippen molar-refractivity contribution in [1.29, 1.82) is 0 Å². The third kappa shape index (κ3) is 3.30. The molecule has 3 aliphatic carbocycles. The summed E-state index contributed by atoms with van der Waals surface area (Å²) in [6, 6.07) is 23.6. The highest BCUT2D eigenvalue weighted by atomic mass is 28.3. The van der Waals surface area contributed by atoms with E-state index in [2.05, 4.69) is 99.2 Å². The molecule has 2 heteroatoms. The van der Waals surface area contributed by atoms with Crippen LogP contribution in [0.4, 0.5) is 0 Å².